The molecule has 1 N–H and O–H groups in total. The fourth-order valence-corrected chi connectivity index (χ4v) is 6.51. The molecule has 11 heteroatoms. The van der Waals surface area contributed by atoms with E-state index in [4.69, 9.17) is 9.47 Å². The first-order valence-corrected chi connectivity index (χ1v) is 10.6. The number of rotatable bonds is 5. The third kappa shape index (κ3) is 4.31. The zero-order chi connectivity index (χ0) is 24.2. The van der Waals surface area contributed by atoms with Crippen LogP contribution in [-0.4, -0.2) is 42.5 Å². The van der Waals surface area contributed by atoms with E-state index in [-0.39, 0.29) is 18.8 Å². The average Bonchev–Trinajstić information content (AvgIpc) is 2.71. The second-order valence-corrected chi connectivity index (χ2v) is 9.38. The number of benzene rings is 1. The molecule has 33 heavy (non-hydrogen) atoms. The summed E-state index contributed by atoms with van der Waals surface area (Å²) in [7, 11) is 1.43. The van der Waals surface area contributed by atoms with Crippen molar-refractivity contribution in [1.29, 1.82) is 0 Å². The number of amides is 1. The lowest BCUT2D eigenvalue weighted by Gasteiger charge is -2.65. The predicted molar refractivity (Wildman–Crippen MR) is 102 cm³/mol. The van der Waals surface area contributed by atoms with Crippen LogP contribution in [-0.2, 0) is 19.1 Å². The van der Waals surface area contributed by atoms with E-state index in [1.54, 1.807) is 18.2 Å². The van der Waals surface area contributed by atoms with Crippen molar-refractivity contribution in [3.63, 3.8) is 0 Å². The van der Waals surface area contributed by atoms with Gasteiger partial charge >= 0.3 is 24.2 Å². The minimum Gasteiger partial charge on any atom is -0.452 e. The molecule has 4 aliphatic carbocycles. The molecule has 5 rings (SSSR count). The van der Waals surface area contributed by atoms with Crippen LogP contribution in [0.25, 0.3) is 0 Å². The molecule has 0 saturated heterocycles. The maximum absolute atomic E-state index is 13.2. The summed E-state index contributed by atoms with van der Waals surface area (Å²) in [4.78, 5) is 23.9. The summed E-state index contributed by atoms with van der Waals surface area (Å²) >= 11 is 0. The molecule has 6 atom stereocenters. The van der Waals surface area contributed by atoms with Crippen LogP contribution in [0.1, 0.15) is 43.7 Å². The highest BCUT2D eigenvalue weighted by molar-refractivity contribution is 5.82. The van der Waals surface area contributed by atoms with Crippen molar-refractivity contribution in [2.75, 3.05) is 7.11 Å². The van der Waals surface area contributed by atoms with Crippen LogP contribution >= 0.6 is 0 Å². The Balaban J connectivity index is 1.80. The number of hydrogen-bond acceptors (Lipinski definition) is 4. The third-order valence-corrected chi connectivity index (χ3v) is 7.32. The van der Waals surface area contributed by atoms with E-state index in [0.29, 0.717) is 24.8 Å². The Bertz CT molecular complexity index is 920. The molecule has 4 bridgehead atoms. The highest BCUT2D eigenvalue weighted by Gasteiger charge is 2.68. The van der Waals surface area contributed by atoms with Gasteiger partial charge in [-0.15, -0.1) is 0 Å². The van der Waals surface area contributed by atoms with Gasteiger partial charge in [0.15, 0.2) is 0 Å². The molecule has 5 nitrogen and oxygen atoms in total. The molecule has 0 radical (unpaired) electrons. The zero-order valence-electron chi connectivity index (χ0n) is 17.6. The van der Waals surface area contributed by atoms with Crippen molar-refractivity contribution in [2.45, 2.75) is 61.7 Å². The van der Waals surface area contributed by atoms with E-state index in [1.165, 1.54) is 19.2 Å². The number of carbonyl (C=O) groups excluding carboxylic acids is 2. The standard InChI is InChI=1S/C22H23F6NO4/c1-32-19-8-12-7-14(10-19)15(20(9-12,11-19)33-18(31)22(26,27)28)16(13-5-3-2-4-6-13)29-17(30)21(23,24)25/h2-6,12,14-16H,7-11H2,1H3,(H,29,30)/t12?,14?,15?,16-,19?,20?/m0/s1. The molecule has 1 aromatic carbocycles. The Hall–Kier alpha value is -2.30. The molecular weight excluding hydrogens is 456 g/mol. The van der Waals surface area contributed by atoms with Gasteiger partial charge in [0.1, 0.15) is 5.60 Å². The first kappa shape index (κ1) is 23.8. The van der Waals surface area contributed by atoms with E-state index >= 15 is 0 Å². The smallest absolute Gasteiger partial charge is 0.452 e. The summed E-state index contributed by atoms with van der Waals surface area (Å²) in [5.74, 6) is -6.11. The number of nitrogens with one attached hydrogen (secondary N) is 1. The molecule has 1 aromatic rings. The summed E-state index contributed by atoms with van der Waals surface area (Å²) in [5.41, 5.74) is -2.27. The first-order valence-electron chi connectivity index (χ1n) is 10.6. The predicted octanol–water partition coefficient (Wildman–Crippen LogP) is 4.48. The van der Waals surface area contributed by atoms with Gasteiger partial charge in [-0.3, -0.25) is 4.79 Å². The molecule has 0 heterocycles. The van der Waals surface area contributed by atoms with Gasteiger partial charge in [-0.05, 0) is 43.1 Å². The molecule has 4 saturated carbocycles. The Kier molecular flexibility index (Phi) is 5.70. The minimum atomic E-state index is -5.27. The maximum Gasteiger partial charge on any atom is 0.490 e. The second-order valence-electron chi connectivity index (χ2n) is 9.38. The normalized spacial score (nSPS) is 34.1. The molecule has 182 valence electrons. The lowest BCUT2D eigenvalue weighted by molar-refractivity contribution is -0.274. The van der Waals surface area contributed by atoms with Crippen molar-refractivity contribution in [3.8, 4) is 0 Å². The lowest BCUT2D eigenvalue weighted by atomic mass is 9.46. The summed E-state index contributed by atoms with van der Waals surface area (Å²) in [5, 5.41) is 1.99. The lowest BCUT2D eigenvalue weighted by Crippen LogP contribution is -2.68. The second kappa shape index (κ2) is 7.89. The van der Waals surface area contributed by atoms with Crippen LogP contribution in [0, 0.1) is 17.8 Å². The first-order chi connectivity index (χ1) is 15.3. The molecule has 0 aliphatic heterocycles. The van der Waals surface area contributed by atoms with Crippen molar-refractivity contribution in [1.82, 2.24) is 5.32 Å². The largest absolute Gasteiger partial charge is 0.490 e. The number of halogens is 6. The monoisotopic (exact) mass is 479 g/mol. The molecule has 1 amide bonds. The van der Waals surface area contributed by atoms with Crippen molar-refractivity contribution in [2.24, 2.45) is 17.8 Å². The van der Waals surface area contributed by atoms with Crippen LogP contribution in [0.2, 0.25) is 0 Å². The fraction of sp³-hybridized carbons (Fsp3) is 0.636. The summed E-state index contributed by atoms with van der Waals surface area (Å²) in [6, 6.07) is 6.44. The van der Waals surface area contributed by atoms with Gasteiger partial charge in [0.05, 0.1) is 11.6 Å². The fourth-order valence-electron chi connectivity index (χ4n) is 6.51. The summed E-state index contributed by atoms with van der Waals surface area (Å²) in [6.07, 6.45) is -8.99. The van der Waals surface area contributed by atoms with Gasteiger partial charge < -0.3 is 14.8 Å². The quantitative estimate of drug-likeness (QED) is 0.500. The van der Waals surface area contributed by atoms with Crippen LogP contribution in [0.4, 0.5) is 26.3 Å². The molecule has 0 spiro atoms. The van der Waals surface area contributed by atoms with E-state index in [1.807, 2.05) is 5.32 Å². The number of ether oxygens (including phenoxy) is 2. The number of hydrogen-bond donors (Lipinski definition) is 1. The highest BCUT2D eigenvalue weighted by atomic mass is 19.4. The van der Waals surface area contributed by atoms with Crippen LogP contribution < -0.4 is 5.32 Å². The maximum atomic E-state index is 13.2. The van der Waals surface area contributed by atoms with Gasteiger partial charge in [-0.1, -0.05) is 30.3 Å². The van der Waals surface area contributed by atoms with Crippen molar-refractivity contribution in [3.05, 3.63) is 35.9 Å². The van der Waals surface area contributed by atoms with Crippen LogP contribution in [0.5, 0.6) is 0 Å². The molecule has 4 aliphatic rings. The van der Waals surface area contributed by atoms with E-state index in [9.17, 15) is 35.9 Å². The number of methoxy groups -OCH3 is 1. The van der Waals surface area contributed by atoms with E-state index < -0.39 is 53.3 Å². The summed E-state index contributed by atoms with van der Waals surface area (Å²) < 4.78 is 89.9. The number of alkyl halides is 6. The Morgan fingerprint density at radius 3 is 2.27 bits per heavy atom. The Labute approximate surface area is 185 Å². The Morgan fingerprint density at radius 1 is 1.03 bits per heavy atom. The van der Waals surface area contributed by atoms with Gasteiger partial charge in [0.2, 0.25) is 0 Å². The zero-order valence-corrected chi connectivity index (χ0v) is 17.6. The average molecular weight is 479 g/mol. The molecule has 5 unspecified atom stereocenters. The molecule has 4 fully saturated rings. The van der Waals surface area contributed by atoms with E-state index in [0.717, 1.165) is 0 Å². The van der Waals surface area contributed by atoms with Gasteiger partial charge in [-0.2, -0.15) is 26.3 Å². The van der Waals surface area contributed by atoms with Crippen LogP contribution in [0.3, 0.4) is 0 Å². The SMILES string of the molecule is COC12CC3CC(C1)C([C@@H](NC(=O)C(F)(F)F)c1ccccc1)C(OC(=O)C(F)(F)F)(C3)C2. The number of esters is 1. The van der Waals surface area contributed by atoms with Gasteiger partial charge in [0, 0.05) is 19.4 Å². The number of carbonyl (C=O) groups is 2. The molecule has 0 aromatic heterocycles. The summed E-state index contributed by atoms with van der Waals surface area (Å²) in [6.45, 7) is 0. The molecular formula is C22H23F6NO4. The minimum absolute atomic E-state index is 0.0618. The van der Waals surface area contributed by atoms with Gasteiger partial charge in [-0.25, -0.2) is 4.79 Å². The van der Waals surface area contributed by atoms with Crippen molar-refractivity contribution >= 4 is 11.9 Å². The van der Waals surface area contributed by atoms with Crippen molar-refractivity contribution < 1.29 is 45.4 Å². The Morgan fingerprint density at radius 2 is 1.70 bits per heavy atom. The van der Waals surface area contributed by atoms with Gasteiger partial charge in [0.25, 0.3) is 0 Å². The highest BCUT2D eigenvalue weighted by Crippen LogP contribution is 2.65. The van der Waals surface area contributed by atoms with Crippen LogP contribution in [0.15, 0.2) is 30.3 Å². The topological polar surface area (TPSA) is 64.6 Å². The third-order valence-electron chi connectivity index (χ3n) is 7.32. The van der Waals surface area contributed by atoms with E-state index in [2.05, 4.69) is 0 Å².